The Morgan fingerprint density at radius 1 is 1.03 bits per heavy atom. The topological polar surface area (TPSA) is 65.5 Å². The van der Waals surface area contributed by atoms with Gasteiger partial charge in [-0.15, -0.1) is 0 Å². The molecule has 1 unspecified atom stereocenters. The molecule has 4 rings (SSSR count). The van der Waals surface area contributed by atoms with Crippen LogP contribution in [0, 0.1) is 0 Å². The highest BCUT2D eigenvalue weighted by Gasteiger charge is 2.43. The van der Waals surface area contributed by atoms with Crippen molar-refractivity contribution in [2.45, 2.75) is 29.9 Å². The molecule has 2 heterocycles. The molecule has 1 N–H and O–H groups in total. The molecule has 0 bridgehead atoms. The van der Waals surface area contributed by atoms with E-state index in [0.29, 0.717) is 5.82 Å². The molecule has 0 saturated carbocycles. The average molecular weight is 472 g/mol. The fourth-order valence-electron chi connectivity index (χ4n) is 3.45. The van der Waals surface area contributed by atoms with Gasteiger partial charge in [0.25, 0.3) is 5.91 Å². The first-order chi connectivity index (χ1) is 15.7. The maximum atomic E-state index is 13.0. The third-order valence-corrected chi connectivity index (χ3v) is 5.77. The second kappa shape index (κ2) is 9.14. The third kappa shape index (κ3) is 5.28. The predicted octanol–water partition coefficient (Wildman–Crippen LogP) is 5.79. The highest BCUT2D eigenvalue weighted by atomic mass is 32.2. The minimum atomic E-state index is -4.41. The Labute approximate surface area is 192 Å². The van der Waals surface area contributed by atoms with Gasteiger partial charge in [0.2, 0.25) is 0 Å². The second-order valence-corrected chi connectivity index (χ2v) is 8.48. The number of aromatic nitrogens is 1. The number of urea groups is 1. The predicted molar refractivity (Wildman–Crippen MR) is 120 cm³/mol. The summed E-state index contributed by atoms with van der Waals surface area (Å²) in [6.45, 7) is 1.80. The lowest BCUT2D eigenvalue weighted by atomic mass is 10.2. The van der Waals surface area contributed by atoms with Crippen molar-refractivity contribution >= 4 is 40.9 Å². The lowest BCUT2D eigenvalue weighted by Crippen LogP contribution is -2.33. The molecule has 0 spiro atoms. The number of anilines is 3. The van der Waals surface area contributed by atoms with Gasteiger partial charge in [-0.05, 0) is 72.8 Å². The van der Waals surface area contributed by atoms with Gasteiger partial charge in [0.15, 0.2) is 0 Å². The van der Waals surface area contributed by atoms with Crippen LogP contribution in [0.3, 0.4) is 0 Å². The van der Waals surface area contributed by atoms with Crippen molar-refractivity contribution in [1.29, 1.82) is 0 Å². The van der Waals surface area contributed by atoms with Gasteiger partial charge in [0.05, 0.1) is 5.69 Å². The summed E-state index contributed by atoms with van der Waals surface area (Å²) in [6, 6.07) is 17.0. The van der Waals surface area contributed by atoms with E-state index in [9.17, 15) is 22.8 Å². The molecule has 1 aromatic heterocycles. The van der Waals surface area contributed by atoms with Gasteiger partial charge in [0.1, 0.15) is 11.9 Å². The molecule has 6 nitrogen and oxygen atoms in total. The fourth-order valence-corrected chi connectivity index (χ4v) is 3.99. The smallest absolute Gasteiger partial charge is 0.340 e. The van der Waals surface area contributed by atoms with Gasteiger partial charge in [-0.1, -0.05) is 18.2 Å². The summed E-state index contributed by atoms with van der Waals surface area (Å²) in [4.78, 5) is 32.5. The van der Waals surface area contributed by atoms with Crippen LogP contribution in [-0.4, -0.2) is 33.4 Å². The van der Waals surface area contributed by atoms with E-state index in [1.165, 1.54) is 29.2 Å². The van der Waals surface area contributed by atoms with Crippen LogP contribution < -0.4 is 10.2 Å². The van der Waals surface area contributed by atoms with E-state index < -0.39 is 23.5 Å². The summed E-state index contributed by atoms with van der Waals surface area (Å²) in [5, 5.41) is 3.18. The van der Waals surface area contributed by atoms with Crippen molar-refractivity contribution in [3.63, 3.8) is 0 Å². The molecule has 10 heteroatoms. The zero-order valence-corrected chi connectivity index (χ0v) is 18.2. The third-order valence-electron chi connectivity index (χ3n) is 5.03. The average Bonchev–Trinajstić information content (AvgIpc) is 2.98. The van der Waals surface area contributed by atoms with E-state index in [1.54, 1.807) is 25.3 Å². The maximum absolute atomic E-state index is 13.0. The van der Waals surface area contributed by atoms with E-state index in [1.807, 2.05) is 30.3 Å². The number of amides is 3. The number of thioether (sulfide) groups is 1. The van der Waals surface area contributed by atoms with Gasteiger partial charge in [-0.25, -0.2) is 14.7 Å². The van der Waals surface area contributed by atoms with Crippen LogP contribution in [0.5, 0.6) is 0 Å². The Kier molecular flexibility index (Phi) is 6.28. The van der Waals surface area contributed by atoms with E-state index in [-0.39, 0.29) is 28.9 Å². The first-order valence-corrected chi connectivity index (χ1v) is 10.8. The fraction of sp³-hybridized carbons (Fsp3) is 0.174. The Morgan fingerprint density at radius 3 is 2.39 bits per heavy atom. The highest BCUT2D eigenvalue weighted by Crippen LogP contribution is 2.38. The SMILES string of the molecule is CC1C(=O)N(c2ccc(SC(F)(F)F)cc2)C(=O)N1Cc1ccnc(Nc2ccccc2)c1. The zero-order valence-electron chi connectivity index (χ0n) is 17.4. The van der Waals surface area contributed by atoms with Crippen LogP contribution in [0.4, 0.5) is 35.2 Å². The normalized spacial score (nSPS) is 16.4. The molecule has 1 aliphatic heterocycles. The van der Waals surface area contributed by atoms with Gasteiger partial charge >= 0.3 is 11.5 Å². The van der Waals surface area contributed by atoms with Gasteiger partial charge in [-0.3, -0.25) is 4.79 Å². The summed E-state index contributed by atoms with van der Waals surface area (Å²) in [6.07, 6.45) is 1.61. The van der Waals surface area contributed by atoms with Crippen LogP contribution in [0.2, 0.25) is 0 Å². The van der Waals surface area contributed by atoms with Crippen molar-refractivity contribution < 1.29 is 22.8 Å². The molecule has 1 aliphatic rings. The van der Waals surface area contributed by atoms with E-state index >= 15 is 0 Å². The Morgan fingerprint density at radius 2 is 1.73 bits per heavy atom. The molecule has 0 radical (unpaired) electrons. The number of para-hydroxylation sites is 1. The number of nitrogens with zero attached hydrogens (tertiary/aromatic N) is 3. The number of rotatable bonds is 6. The van der Waals surface area contributed by atoms with Crippen molar-refractivity contribution in [2.75, 3.05) is 10.2 Å². The summed E-state index contributed by atoms with van der Waals surface area (Å²) >= 11 is -0.252. The van der Waals surface area contributed by atoms with Crippen molar-refractivity contribution in [3.05, 3.63) is 78.5 Å². The molecule has 2 aromatic carbocycles. The lowest BCUT2D eigenvalue weighted by molar-refractivity contribution is -0.119. The second-order valence-electron chi connectivity index (χ2n) is 7.34. The Hall–Kier alpha value is -3.53. The first kappa shape index (κ1) is 22.7. The van der Waals surface area contributed by atoms with Crippen molar-refractivity contribution in [2.24, 2.45) is 0 Å². The number of halogens is 3. The number of hydrogen-bond donors (Lipinski definition) is 1. The lowest BCUT2D eigenvalue weighted by Gasteiger charge is -2.20. The largest absolute Gasteiger partial charge is 0.446 e. The van der Waals surface area contributed by atoms with Crippen LogP contribution in [0.15, 0.2) is 77.8 Å². The first-order valence-electron chi connectivity index (χ1n) is 9.99. The molecule has 0 aliphatic carbocycles. The number of benzene rings is 2. The van der Waals surface area contributed by atoms with Crippen molar-refractivity contribution in [1.82, 2.24) is 9.88 Å². The van der Waals surface area contributed by atoms with Crippen LogP contribution in [-0.2, 0) is 11.3 Å². The minimum Gasteiger partial charge on any atom is -0.340 e. The molecule has 1 saturated heterocycles. The maximum Gasteiger partial charge on any atom is 0.446 e. The summed E-state index contributed by atoms with van der Waals surface area (Å²) in [5.41, 5.74) is -2.55. The highest BCUT2D eigenvalue weighted by molar-refractivity contribution is 8.00. The molecule has 1 fully saturated rings. The summed E-state index contributed by atoms with van der Waals surface area (Å²) in [5.74, 6) is 0.159. The quantitative estimate of drug-likeness (QED) is 0.363. The van der Waals surface area contributed by atoms with Gasteiger partial charge in [-0.2, -0.15) is 13.2 Å². The Bertz CT molecular complexity index is 1160. The summed E-state index contributed by atoms with van der Waals surface area (Å²) in [7, 11) is 0. The number of hydrogen-bond acceptors (Lipinski definition) is 5. The number of carbonyl (C=O) groups is 2. The minimum absolute atomic E-state index is 0.0227. The van der Waals surface area contributed by atoms with Crippen LogP contribution in [0.1, 0.15) is 12.5 Å². The molecular weight excluding hydrogens is 453 g/mol. The number of carbonyl (C=O) groups excluding carboxylic acids is 2. The number of pyridine rings is 1. The van der Waals surface area contributed by atoms with E-state index in [2.05, 4.69) is 10.3 Å². The zero-order chi connectivity index (χ0) is 23.6. The van der Waals surface area contributed by atoms with Gasteiger partial charge < -0.3 is 10.2 Å². The van der Waals surface area contributed by atoms with Gasteiger partial charge in [0, 0.05) is 23.3 Å². The number of nitrogens with one attached hydrogen (secondary N) is 1. The van der Waals surface area contributed by atoms with E-state index in [4.69, 9.17) is 0 Å². The number of alkyl halides is 3. The molecule has 3 amide bonds. The molecule has 33 heavy (non-hydrogen) atoms. The number of imide groups is 1. The van der Waals surface area contributed by atoms with Crippen molar-refractivity contribution in [3.8, 4) is 0 Å². The van der Waals surface area contributed by atoms with E-state index in [0.717, 1.165) is 16.2 Å². The summed E-state index contributed by atoms with van der Waals surface area (Å²) < 4.78 is 37.7. The van der Waals surface area contributed by atoms with Crippen LogP contribution in [0.25, 0.3) is 0 Å². The van der Waals surface area contributed by atoms with Crippen LogP contribution >= 0.6 is 11.8 Å². The molecule has 170 valence electrons. The molecular formula is C23H19F3N4O2S. The molecule has 3 aromatic rings. The Balaban J connectivity index is 1.49. The monoisotopic (exact) mass is 472 g/mol. The molecule has 1 atom stereocenters. The standard InChI is InChI=1S/C23H19F3N4O2S/c1-15-21(31)30(18-7-9-19(10-8-18)33-23(24,25)26)22(32)29(15)14-16-11-12-27-20(13-16)28-17-5-3-2-4-6-17/h2-13,15H,14H2,1H3,(H,27,28).